The van der Waals surface area contributed by atoms with Crippen molar-refractivity contribution in [3.63, 3.8) is 0 Å². The lowest BCUT2D eigenvalue weighted by atomic mass is 10.1. The SMILES string of the molecule is Cc1ccc(C)c(-n2c(CCl)nc3cc(F)ccc32)c1. The van der Waals surface area contributed by atoms with Gasteiger partial charge in [0.1, 0.15) is 11.6 Å². The molecule has 1 aromatic heterocycles. The Morgan fingerprint density at radius 1 is 1.15 bits per heavy atom. The molecule has 0 saturated carbocycles. The maximum Gasteiger partial charge on any atom is 0.129 e. The van der Waals surface area contributed by atoms with Crippen LogP contribution in [0.5, 0.6) is 0 Å². The van der Waals surface area contributed by atoms with Crippen molar-refractivity contribution in [2.75, 3.05) is 0 Å². The van der Waals surface area contributed by atoms with Gasteiger partial charge >= 0.3 is 0 Å². The molecule has 3 aromatic rings. The van der Waals surface area contributed by atoms with Gasteiger partial charge in [0.15, 0.2) is 0 Å². The van der Waals surface area contributed by atoms with Gasteiger partial charge in [-0.1, -0.05) is 12.1 Å². The molecule has 0 unspecified atom stereocenters. The lowest BCUT2D eigenvalue weighted by molar-refractivity contribution is 0.629. The molecule has 20 heavy (non-hydrogen) atoms. The predicted octanol–water partition coefficient (Wildman–Crippen LogP) is 4.52. The van der Waals surface area contributed by atoms with Crippen LogP contribution in [-0.4, -0.2) is 9.55 Å². The molecule has 2 aromatic carbocycles. The number of aryl methyl sites for hydroxylation is 2. The summed E-state index contributed by atoms with van der Waals surface area (Å²) in [7, 11) is 0. The second kappa shape index (κ2) is 4.91. The second-order valence-electron chi connectivity index (χ2n) is 4.92. The van der Waals surface area contributed by atoms with Gasteiger partial charge in [-0.3, -0.25) is 4.57 Å². The quantitative estimate of drug-likeness (QED) is 0.634. The largest absolute Gasteiger partial charge is 0.295 e. The zero-order valence-corrected chi connectivity index (χ0v) is 12.1. The third kappa shape index (κ3) is 2.08. The smallest absolute Gasteiger partial charge is 0.129 e. The van der Waals surface area contributed by atoms with Crippen LogP contribution in [0.15, 0.2) is 36.4 Å². The lowest BCUT2D eigenvalue weighted by Crippen LogP contribution is -2.02. The fraction of sp³-hybridized carbons (Fsp3) is 0.188. The summed E-state index contributed by atoms with van der Waals surface area (Å²) >= 11 is 6.01. The summed E-state index contributed by atoms with van der Waals surface area (Å²) in [6.07, 6.45) is 0. The first-order chi connectivity index (χ1) is 9.60. The number of rotatable bonds is 2. The molecule has 0 aliphatic rings. The number of alkyl halides is 1. The fourth-order valence-corrected chi connectivity index (χ4v) is 2.60. The Hall–Kier alpha value is -1.87. The summed E-state index contributed by atoms with van der Waals surface area (Å²) in [5.74, 6) is 0.717. The Morgan fingerprint density at radius 2 is 1.95 bits per heavy atom. The molecule has 0 aliphatic heterocycles. The molecule has 0 bridgehead atoms. The van der Waals surface area contributed by atoms with E-state index in [0.29, 0.717) is 5.52 Å². The van der Waals surface area contributed by atoms with Crippen LogP contribution < -0.4 is 0 Å². The molecule has 0 saturated heterocycles. The summed E-state index contributed by atoms with van der Waals surface area (Å²) in [5.41, 5.74) is 4.83. The van der Waals surface area contributed by atoms with Gasteiger partial charge in [-0.15, -0.1) is 11.6 Å². The van der Waals surface area contributed by atoms with E-state index in [1.54, 1.807) is 6.07 Å². The second-order valence-corrected chi connectivity index (χ2v) is 5.19. The molecular formula is C16H14ClFN2. The van der Waals surface area contributed by atoms with Crippen LogP contribution in [0.2, 0.25) is 0 Å². The normalized spacial score (nSPS) is 11.2. The number of imidazole rings is 1. The van der Waals surface area contributed by atoms with Gasteiger partial charge in [0.2, 0.25) is 0 Å². The van der Waals surface area contributed by atoms with Gasteiger partial charge in [0.05, 0.1) is 22.6 Å². The van der Waals surface area contributed by atoms with Gasteiger partial charge in [0, 0.05) is 6.07 Å². The molecule has 0 aliphatic carbocycles. The minimum Gasteiger partial charge on any atom is -0.295 e. The van der Waals surface area contributed by atoms with Crippen molar-refractivity contribution in [2.24, 2.45) is 0 Å². The molecule has 3 rings (SSSR count). The number of hydrogen-bond donors (Lipinski definition) is 0. The van der Waals surface area contributed by atoms with E-state index in [0.717, 1.165) is 28.2 Å². The van der Waals surface area contributed by atoms with Gasteiger partial charge in [0.25, 0.3) is 0 Å². The van der Waals surface area contributed by atoms with Crippen LogP contribution >= 0.6 is 11.6 Å². The average molecular weight is 289 g/mol. The molecule has 102 valence electrons. The van der Waals surface area contributed by atoms with E-state index in [9.17, 15) is 4.39 Å². The maximum atomic E-state index is 13.3. The van der Waals surface area contributed by atoms with Gasteiger partial charge in [-0.05, 0) is 43.2 Å². The summed E-state index contributed by atoms with van der Waals surface area (Å²) in [6.45, 7) is 4.09. The van der Waals surface area contributed by atoms with Gasteiger partial charge < -0.3 is 0 Å². The van der Waals surface area contributed by atoms with E-state index in [2.05, 4.69) is 23.2 Å². The van der Waals surface area contributed by atoms with E-state index in [4.69, 9.17) is 11.6 Å². The number of hydrogen-bond acceptors (Lipinski definition) is 1. The third-order valence-electron chi connectivity index (χ3n) is 3.41. The molecule has 0 spiro atoms. The number of nitrogens with zero attached hydrogens (tertiary/aromatic N) is 2. The standard InChI is InChI=1S/C16H14ClFN2/c1-10-3-4-11(2)15(7-10)20-14-6-5-12(18)8-13(14)19-16(20)9-17/h3-8H,9H2,1-2H3. The topological polar surface area (TPSA) is 17.8 Å². The molecule has 0 atom stereocenters. The van der Waals surface area contributed by atoms with E-state index in [-0.39, 0.29) is 11.7 Å². The van der Waals surface area contributed by atoms with Gasteiger partial charge in [-0.25, -0.2) is 9.37 Å². The minimum atomic E-state index is -0.288. The maximum absolute atomic E-state index is 13.3. The van der Waals surface area contributed by atoms with Crippen molar-refractivity contribution in [1.29, 1.82) is 0 Å². The van der Waals surface area contributed by atoms with Crippen molar-refractivity contribution in [1.82, 2.24) is 9.55 Å². The van der Waals surface area contributed by atoms with Crippen LogP contribution in [0.3, 0.4) is 0 Å². The number of benzene rings is 2. The van der Waals surface area contributed by atoms with Crippen LogP contribution in [0.4, 0.5) is 4.39 Å². The van der Waals surface area contributed by atoms with Gasteiger partial charge in [-0.2, -0.15) is 0 Å². The number of fused-ring (bicyclic) bond motifs is 1. The highest BCUT2D eigenvalue weighted by Crippen LogP contribution is 2.26. The summed E-state index contributed by atoms with van der Waals surface area (Å²) < 4.78 is 15.3. The lowest BCUT2D eigenvalue weighted by Gasteiger charge is -2.12. The summed E-state index contributed by atoms with van der Waals surface area (Å²) in [4.78, 5) is 4.43. The van der Waals surface area contributed by atoms with E-state index >= 15 is 0 Å². The van der Waals surface area contributed by atoms with Crippen molar-refractivity contribution in [3.05, 3.63) is 59.2 Å². The predicted molar refractivity (Wildman–Crippen MR) is 80.1 cm³/mol. The zero-order chi connectivity index (χ0) is 14.3. The Kier molecular flexibility index (Phi) is 3.22. The van der Waals surface area contributed by atoms with Crippen LogP contribution in [0, 0.1) is 19.7 Å². The molecule has 2 nitrogen and oxygen atoms in total. The fourth-order valence-electron chi connectivity index (χ4n) is 2.42. The number of halogens is 2. The third-order valence-corrected chi connectivity index (χ3v) is 3.65. The molecule has 0 radical (unpaired) electrons. The first kappa shape index (κ1) is 13.1. The monoisotopic (exact) mass is 288 g/mol. The first-order valence-electron chi connectivity index (χ1n) is 6.40. The highest BCUT2D eigenvalue weighted by Gasteiger charge is 2.14. The Labute approximate surface area is 121 Å². The highest BCUT2D eigenvalue weighted by molar-refractivity contribution is 6.17. The number of aromatic nitrogens is 2. The van der Waals surface area contributed by atoms with Crippen molar-refractivity contribution in [3.8, 4) is 5.69 Å². The Bertz CT molecular complexity index is 793. The first-order valence-corrected chi connectivity index (χ1v) is 6.94. The van der Waals surface area contributed by atoms with E-state index < -0.39 is 0 Å². The Balaban J connectivity index is 2.37. The van der Waals surface area contributed by atoms with E-state index in [1.807, 2.05) is 18.4 Å². The van der Waals surface area contributed by atoms with Crippen molar-refractivity contribution < 1.29 is 4.39 Å². The molecule has 0 fully saturated rings. The highest BCUT2D eigenvalue weighted by atomic mass is 35.5. The van der Waals surface area contributed by atoms with Crippen molar-refractivity contribution in [2.45, 2.75) is 19.7 Å². The zero-order valence-electron chi connectivity index (χ0n) is 11.3. The van der Waals surface area contributed by atoms with Crippen molar-refractivity contribution >= 4 is 22.6 Å². The molecule has 0 amide bonds. The van der Waals surface area contributed by atoms with Crippen LogP contribution in [0.25, 0.3) is 16.7 Å². The Morgan fingerprint density at radius 3 is 2.70 bits per heavy atom. The molecule has 1 heterocycles. The average Bonchev–Trinajstić information content (AvgIpc) is 2.78. The van der Waals surface area contributed by atoms with Crippen LogP contribution in [0.1, 0.15) is 17.0 Å². The molecular weight excluding hydrogens is 275 g/mol. The molecule has 4 heteroatoms. The summed E-state index contributed by atoms with van der Waals surface area (Å²) in [5, 5.41) is 0. The summed E-state index contributed by atoms with van der Waals surface area (Å²) in [6, 6.07) is 10.9. The van der Waals surface area contributed by atoms with Crippen LogP contribution in [-0.2, 0) is 5.88 Å². The minimum absolute atomic E-state index is 0.281. The van der Waals surface area contributed by atoms with E-state index in [1.165, 1.54) is 12.1 Å². The molecule has 0 N–H and O–H groups in total.